The van der Waals surface area contributed by atoms with Crippen molar-refractivity contribution in [2.24, 2.45) is 0 Å². The summed E-state index contributed by atoms with van der Waals surface area (Å²) in [4.78, 5) is 11.7. The van der Waals surface area contributed by atoms with Crippen molar-refractivity contribution in [3.05, 3.63) is 29.8 Å². The molecule has 0 aliphatic carbocycles. The minimum Gasteiger partial charge on any atom is -0.464 e. The number of hydrogen-bond donors (Lipinski definition) is 1. The van der Waals surface area contributed by atoms with E-state index in [-0.39, 0.29) is 23.9 Å². The minimum absolute atomic E-state index is 0.0761. The molecule has 0 spiro atoms. The van der Waals surface area contributed by atoms with Gasteiger partial charge >= 0.3 is 5.97 Å². The first-order valence-corrected chi connectivity index (χ1v) is 11.1. The highest BCUT2D eigenvalue weighted by molar-refractivity contribution is 7.89. The van der Waals surface area contributed by atoms with Crippen LogP contribution in [0.1, 0.15) is 70.8 Å². The van der Waals surface area contributed by atoms with E-state index in [0.717, 1.165) is 24.8 Å². The Morgan fingerprint density at radius 1 is 1.04 bits per heavy atom. The van der Waals surface area contributed by atoms with Crippen molar-refractivity contribution in [3.63, 3.8) is 0 Å². The van der Waals surface area contributed by atoms with Gasteiger partial charge in [0.05, 0.1) is 10.9 Å². The van der Waals surface area contributed by atoms with Crippen LogP contribution in [0.25, 0.3) is 0 Å². The molecular formula is C20H33NO4S. The number of sulfonamides is 1. The van der Waals surface area contributed by atoms with Gasteiger partial charge in [-0.15, -0.1) is 0 Å². The van der Waals surface area contributed by atoms with E-state index in [4.69, 9.17) is 4.74 Å². The minimum atomic E-state index is -3.62. The van der Waals surface area contributed by atoms with Gasteiger partial charge in [-0.05, 0) is 25.5 Å². The first-order valence-electron chi connectivity index (χ1n) is 9.63. The summed E-state index contributed by atoms with van der Waals surface area (Å²) in [5.41, 5.74) is 1.00. The molecule has 6 heteroatoms. The van der Waals surface area contributed by atoms with Crippen LogP contribution in [0, 0.1) is 6.92 Å². The third-order valence-electron chi connectivity index (χ3n) is 4.29. The Hall–Kier alpha value is -1.40. The number of hydrogen-bond acceptors (Lipinski definition) is 4. The van der Waals surface area contributed by atoms with E-state index in [9.17, 15) is 13.2 Å². The number of esters is 1. The molecule has 1 unspecified atom stereocenters. The molecule has 0 aromatic heterocycles. The number of benzene rings is 1. The predicted octanol–water partition coefficient (Wildman–Crippen LogP) is 4.35. The smallest absolute Gasteiger partial charge is 0.305 e. The molecular weight excluding hydrogens is 350 g/mol. The van der Waals surface area contributed by atoms with Crippen LogP contribution < -0.4 is 4.72 Å². The van der Waals surface area contributed by atoms with Gasteiger partial charge < -0.3 is 4.74 Å². The number of carbonyl (C=O) groups excluding carboxylic acids is 1. The van der Waals surface area contributed by atoms with Gasteiger partial charge in [0.25, 0.3) is 0 Å². The van der Waals surface area contributed by atoms with Crippen molar-refractivity contribution in [1.29, 1.82) is 0 Å². The maximum Gasteiger partial charge on any atom is 0.305 e. The maximum atomic E-state index is 12.6. The zero-order valence-electron chi connectivity index (χ0n) is 16.3. The molecule has 5 nitrogen and oxygen atoms in total. The molecule has 1 aromatic rings. The topological polar surface area (TPSA) is 72.5 Å². The summed E-state index contributed by atoms with van der Waals surface area (Å²) in [5.74, 6) is -0.313. The predicted molar refractivity (Wildman–Crippen MR) is 105 cm³/mol. The summed E-state index contributed by atoms with van der Waals surface area (Å²) in [6.45, 7) is 5.89. The molecule has 0 fully saturated rings. The normalized spacial score (nSPS) is 12.7. The summed E-state index contributed by atoms with van der Waals surface area (Å²) in [6, 6.07) is 6.33. The first kappa shape index (κ1) is 22.6. The van der Waals surface area contributed by atoms with Crippen LogP contribution in [-0.2, 0) is 19.6 Å². The van der Waals surface area contributed by atoms with E-state index in [1.807, 2.05) is 6.92 Å². The number of nitrogens with one attached hydrogen (secondary N) is 1. The second-order valence-corrected chi connectivity index (χ2v) is 8.44. The molecule has 1 atom stereocenters. The summed E-state index contributed by atoms with van der Waals surface area (Å²) >= 11 is 0. The zero-order valence-corrected chi connectivity index (χ0v) is 17.1. The van der Waals surface area contributed by atoms with Gasteiger partial charge in [-0.25, -0.2) is 13.1 Å². The molecule has 148 valence electrons. The van der Waals surface area contributed by atoms with Crippen molar-refractivity contribution >= 4 is 16.0 Å². The van der Waals surface area contributed by atoms with Gasteiger partial charge in [-0.2, -0.15) is 0 Å². The van der Waals surface area contributed by atoms with Crippen LogP contribution >= 0.6 is 0 Å². The third-order valence-corrected chi connectivity index (χ3v) is 5.83. The van der Waals surface area contributed by atoms with Gasteiger partial charge in [0, 0.05) is 6.42 Å². The largest absolute Gasteiger partial charge is 0.464 e. The van der Waals surface area contributed by atoms with E-state index in [0.29, 0.717) is 6.42 Å². The maximum absolute atomic E-state index is 12.6. The van der Waals surface area contributed by atoms with E-state index in [2.05, 4.69) is 11.6 Å². The van der Waals surface area contributed by atoms with Crippen LogP contribution in [-0.4, -0.2) is 27.0 Å². The average molecular weight is 384 g/mol. The Morgan fingerprint density at radius 3 is 2.27 bits per heavy atom. The first-order chi connectivity index (χ1) is 12.4. The molecule has 26 heavy (non-hydrogen) atoms. The summed E-state index contributed by atoms with van der Waals surface area (Å²) in [6.07, 6.45) is 7.71. The van der Waals surface area contributed by atoms with Gasteiger partial charge in [0.15, 0.2) is 0 Å². The van der Waals surface area contributed by atoms with Gasteiger partial charge in [0.2, 0.25) is 10.0 Å². The Balaban J connectivity index is 2.64. The molecule has 1 N–H and O–H groups in total. The molecule has 1 aromatic carbocycles. The monoisotopic (exact) mass is 383 g/mol. The lowest BCUT2D eigenvalue weighted by Crippen LogP contribution is -2.38. The van der Waals surface area contributed by atoms with Crippen LogP contribution in [0.2, 0.25) is 0 Å². The van der Waals surface area contributed by atoms with Crippen molar-refractivity contribution in [1.82, 2.24) is 4.72 Å². The van der Waals surface area contributed by atoms with Crippen molar-refractivity contribution in [3.8, 4) is 0 Å². The Morgan fingerprint density at radius 2 is 1.65 bits per heavy atom. The average Bonchev–Trinajstić information content (AvgIpc) is 2.62. The Labute approximate surface area is 158 Å². The van der Waals surface area contributed by atoms with Crippen molar-refractivity contribution in [2.45, 2.75) is 83.1 Å². The van der Waals surface area contributed by atoms with Gasteiger partial charge in [-0.3, -0.25) is 4.79 Å². The molecule has 0 bridgehead atoms. The van der Waals surface area contributed by atoms with Crippen LogP contribution in [0.15, 0.2) is 29.2 Å². The molecule has 0 radical (unpaired) electrons. The fourth-order valence-corrected chi connectivity index (χ4v) is 3.90. The van der Waals surface area contributed by atoms with Crippen LogP contribution in [0.5, 0.6) is 0 Å². The molecule has 0 heterocycles. The summed E-state index contributed by atoms with van der Waals surface area (Å²) in [5, 5.41) is 0. The number of unbranched alkanes of at least 4 members (excludes halogenated alkanes) is 5. The van der Waals surface area contributed by atoms with E-state index >= 15 is 0 Å². The molecule has 0 amide bonds. The quantitative estimate of drug-likeness (QED) is 0.406. The lowest BCUT2D eigenvalue weighted by atomic mass is 10.1. The second kappa shape index (κ2) is 12.1. The van der Waals surface area contributed by atoms with E-state index in [1.165, 1.54) is 19.3 Å². The number of aryl methyl sites for hydroxylation is 1. The highest BCUT2D eigenvalue weighted by Gasteiger charge is 2.21. The third kappa shape index (κ3) is 8.81. The highest BCUT2D eigenvalue weighted by atomic mass is 32.2. The van der Waals surface area contributed by atoms with E-state index < -0.39 is 16.1 Å². The number of carbonyl (C=O) groups is 1. The molecule has 1 rings (SSSR count). The van der Waals surface area contributed by atoms with Gasteiger partial charge in [0.1, 0.15) is 6.61 Å². The Bertz CT molecular complexity index is 626. The van der Waals surface area contributed by atoms with Crippen LogP contribution in [0.3, 0.4) is 0 Å². The number of rotatable bonds is 13. The lowest BCUT2D eigenvalue weighted by molar-refractivity contribution is -0.143. The summed E-state index contributed by atoms with van der Waals surface area (Å²) in [7, 11) is -3.62. The SMILES string of the molecule is CCCCCCCCC(COC(=O)CC)NS(=O)(=O)c1ccc(C)cc1. The fraction of sp³-hybridized carbons (Fsp3) is 0.650. The van der Waals surface area contributed by atoms with Gasteiger partial charge in [-0.1, -0.05) is 70.1 Å². The molecule has 0 aliphatic rings. The molecule has 0 saturated carbocycles. The second-order valence-electron chi connectivity index (χ2n) is 6.72. The van der Waals surface area contributed by atoms with E-state index in [1.54, 1.807) is 31.2 Å². The molecule has 0 aliphatic heterocycles. The number of ether oxygens (including phenoxy) is 1. The standard InChI is InChI=1S/C20H33NO4S/c1-4-6-7-8-9-10-11-18(16-25-20(22)5-2)21-26(23,24)19-14-12-17(3)13-15-19/h12-15,18,21H,4-11,16H2,1-3H3. The summed E-state index contributed by atoms with van der Waals surface area (Å²) < 4.78 is 33.1. The Kier molecular flexibility index (Phi) is 10.5. The van der Waals surface area contributed by atoms with Crippen LogP contribution in [0.4, 0.5) is 0 Å². The highest BCUT2D eigenvalue weighted by Crippen LogP contribution is 2.14. The van der Waals surface area contributed by atoms with Crippen molar-refractivity contribution < 1.29 is 17.9 Å². The van der Waals surface area contributed by atoms with Crippen molar-refractivity contribution in [2.75, 3.05) is 6.61 Å². The molecule has 0 saturated heterocycles. The fourth-order valence-electron chi connectivity index (χ4n) is 2.65. The zero-order chi connectivity index (χ0) is 19.4. The lowest BCUT2D eigenvalue weighted by Gasteiger charge is -2.19.